The van der Waals surface area contributed by atoms with Crippen LogP contribution in [0.2, 0.25) is 0 Å². The molecule has 0 aromatic rings. The average molecular weight is 296 g/mol. The number of carboxylic acid groups (broad SMARTS) is 1. The molecule has 1 N–H and O–H groups in total. The van der Waals surface area contributed by atoms with Crippen LogP contribution in [0, 0.1) is 0 Å². The van der Waals surface area contributed by atoms with Gasteiger partial charge in [-0.05, 0) is 25.7 Å². The zero-order valence-corrected chi connectivity index (χ0v) is 13.6. The lowest BCUT2D eigenvalue weighted by Crippen LogP contribution is -1.96. The fourth-order valence-corrected chi connectivity index (χ4v) is 2.25. The van der Waals surface area contributed by atoms with Crippen LogP contribution in [0.5, 0.6) is 0 Å². The van der Waals surface area contributed by atoms with Crippen LogP contribution in [0.4, 0.5) is 0 Å². The number of Topliss-reactive ketones (excluding diaryl/α,β-unsaturated/α-hetero) is 1. The first-order valence-electron chi connectivity index (χ1n) is 8.55. The van der Waals surface area contributed by atoms with Crippen molar-refractivity contribution in [2.24, 2.45) is 0 Å². The molecule has 0 saturated carbocycles. The zero-order valence-electron chi connectivity index (χ0n) is 13.6. The van der Waals surface area contributed by atoms with Crippen molar-refractivity contribution in [1.29, 1.82) is 0 Å². The molecule has 0 atom stereocenters. The zero-order chi connectivity index (χ0) is 15.8. The van der Waals surface area contributed by atoms with E-state index >= 15 is 0 Å². The molecular formula is C18H32O3. The highest BCUT2D eigenvalue weighted by molar-refractivity contribution is 5.79. The van der Waals surface area contributed by atoms with Gasteiger partial charge < -0.3 is 5.11 Å². The van der Waals surface area contributed by atoms with Gasteiger partial charge in [-0.1, -0.05) is 57.6 Å². The molecular weight excluding hydrogens is 264 g/mol. The average Bonchev–Trinajstić information content (AvgIpc) is 2.45. The Morgan fingerprint density at radius 2 is 1.43 bits per heavy atom. The van der Waals surface area contributed by atoms with E-state index < -0.39 is 5.97 Å². The van der Waals surface area contributed by atoms with Gasteiger partial charge in [0, 0.05) is 19.3 Å². The van der Waals surface area contributed by atoms with E-state index in [1.54, 1.807) is 0 Å². The lowest BCUT2D eigenvalue weighted by molar-refractivity contribution is -0.137. The Morgan fingerprint density at radius 1 is 0.810 bits per heavy atom. The van der Waals surface area contributed by atoms with Gasteiger partial charge in [0.1, 0.15) is 5.78 Å². The molecule has 0 aromatic carbocycles. The molecule has 0 aliphatic carbocycles. The van der Waals surface area contributed by atoms with Crippen molar-refractivity contribution in [1.82, 2.24) is 0 Å². The summed E-state index contributed by atoms with van der Waals surface area (Å²) in [4.78, 5) is 22.0. The second kappa shape index (κ2) is 15.3. The van der Waals surface area contributed by atoms with Crippen molar-refractivity contribution in [3.8, 4) is 0 Å². The summed E-state index contributed by atoms with van der Waals surface area (Å²) >= 11 is 0. The minimum atomic E-state index is -0.716. The summed E-state index contributed by atoms with van der Waals surface area (Å²) in [5, 5.41) is 8.50. The summed E-state index contributed by atoms with van der Waals surface area (Å²) in [6.07, 6.45) is 16.6. The Kier molecular flexibility index (Phi) is 14.5. The van der Waals surface area contributed by atoms with Crippen molar-refractivity contribution in [3.05, 3.63) is 12.2 Å². The summed E-state index contributed by atoms with van der Waals surface area (Å²) in [6.45, 7) is 2.21. The molecule has 0 rings (SSSR count). The quantitative estimate of drug-likeness (QED) is 0.330. The molecule has 0 spiro atoms. The molecule has 0 unspecified atom stereocenters. The van der Waals surface area contributed by atoms with Gasteiger partial charge in [-0.15, -0.1) is 0 Å². The second-order valence-electron chi connectivity index (χ2n) is 5.73. The Balaban J connectivity index is 3.30. The summed E-state index contributed by atoms with van der Waals surface area (Å²) < 4.78 is 0. The van der Waals surface area contributed by atoms with E-state index in [1.165, 1.54) is 25.7 Å². The number of hydrogen-bond donors (Lipinski definition) is 1. The molecule has 3 nitrogen and oxygen atoms in total. The van der Waals surface area contributed by atoms with Crippen molar-refractivity contribution in [2.45, 2.75) is 90.4 Å². The number of hydrogen-bond acceptors (Lipinski definition) is 2. The molecule has 0 aliphatic rings. The van der Waals surface area contributed by atoms with Crippen LogP contribution in [0.25, 0.3) is 0 Å². The van der Waals surface area contributed by atoms with E-state index in [1.807, 2.05) is 6.08 Å². The largest absolute Gasteiger partial charge is 0.481 e. The number of ketones is 1. The van der Waals surface area contributed by atoms with Crippen LogP contribution in [0.3, 0.4) is 0 Å². The number of carbonyl (C=O) groups is 2. The van der Waals surface area contributed by atoms with Crippen molar-refractivity contribution in [3.63, 3.8) is 0 Å². The first-order valence-corrected chi connectivity index (χ1v) is 8.55. The lowest BCUT2D eigenvalue weighted by atomic mass is 10.1. The molecule has 21 heavy (non-hydrogen) atoms. The maximum Gasteiger partial charge on any atom is 0.303 e. The third-order valence-electron chi connectivity index (χ3n) is 3.58. The first-order chi connectivity index (χ1) is 10.2. The second-order valence-corrected chi connectivity index (χ2v) is 5.73. The maximum absolute atomic E-state index is 11.6. The maximum atomic E-state index is 11.6. The van der Waals surface area contributed by atoms with Crippen LogP contribution in [-0.4, -0.2) is 16.9 Å². The van der Waals surface area contributed by atoms with Gasteiger partial charge in [0.05, 0.1) is 0 Å². The third-order valence-corrected chi connectivity index (χ3v) is 3.58. The highest BCUT2D eigenvalue weighted by atomic mass is 16.4. The fraction of sp³-hybridized carbons (Fsp3) is 0.778. The lowest BCUT2D eigenvalue weighted by Gasteiger charge is -2.00. The van der Waals surface area contributed by atoms with E-state index in [-0.39, 0.29) is 6.42 Å². The van der Waals surface area contributed by atoms with Crippen LogP contribution >= 0.6 is 0 Å². The minimum absolute atomic E-state index is 0.266. The number of carbonyl (C=O) groups excluding carboxylic acids is 1. The predicted molar refractivity (Wildman–Crippen MR) is 87.5 cm³/mol. The smallest absolute Gasteiger partial charge is 0.303 e. The van der Waals surface area contributed by atoms with Crippen LogP contribution in [-0.2, 0) is 9.59 Å². The SMILES string of the molecule is CCCCCCC=CCC(=O)CCCCCCCC(=O)O. The van der Waals surface area contributed by atoms with Crippen molar-refractivity contribution < 1.29 is 14.7 Å². The van der Waals surface area contributed by atoms with E-state index in [9.17, 15) is 9.59 Å². The van der Waals surface area contributed by atoms with E-state index in [0.717, 1.165) is 38.5 Å². The van der Waals surface area contributed by atoms with Crippen molar-refractivity contribution in [2.75, 3.05) is 0 Å². The predicted octanol–water partition coefficient (Wildman–Crippen LogP) is 5.29. The van der Waals surface area contributed by atoms with Gasteiger partial charge >= 0.3 is 5.97 Å². The van der Waals surface area contributed by atoms with E-state index in [0.29, 0.717) is 18.6 Å². The topological polar surface area (TPSA) is 54.4 Å². The molecule has 0 aliphatic heterocycles. The number of unbranched alkanes of at least 4 members (excludes halogenated alkanes) is 8. The Bertz CT molecular complexity index is 295. The summed E-state index contributed by atoms with van der Waals surface area (Å²) in [5.74, 6) is -0.392. The minimum Gasteiger partial charge on any atom is -0.481 e. The summed E-state index contributed by atoms with van der Waals surface area (Å²) in [6, 6.07) is 0. The normalized spacial score (nSPS) is 11.1. The van der Waals surface area contributed by atoms with E-state index in [2.05, 4.69) is 13.0 Å². The Labute approximate surface area is 129 Å². The number of allylic oxidation sites excluding steroid dienone is 2. The van der Waals surface area contributed by atoms with Gasteiger partial charge in [-0.3, -0.25) is 9.59 Å². The van der Waals surface area contributed by atoms with E-state index in [4.69, 9.17) is 5.11 Å². The Morgan fingerprint density at radius 3 is 2.10 bits per heavy atom. The number of rotatable bonds is 15. The van der Waals surface area contributed by atoms with Gasteiger partial charge in [0.2, 0.25) is 0 Å². The molecule has 0 heterocycles. The number of aliphatic carboxylic acids is 1. The molecule has 0 radical (unpaired) electrons. The number of carboxylic acids is 1. The highest BCUT2D eigenvalue weighted by Gasteiger charge is 2.00. The highest BCUT2D eigenvalue weighted by Crippen LogP contribution is 2.09. The molecule has 0 saturated heterocycles. The molecule has 0 amide bonds. The fourth-order valence-electron chi connectivity index (χ4n) is 2.25. The molecule has 0 aromatic heterocycles. The molecule has 0 bridgehead atoms. The Hall–Kier alpha value is -1.12. The van der Waals surface area contributed by atoms with Crippen LogP contribution in [0.15, 0.2) is 12.2 Å². The molecule has 122 valence electrons. The van der Waals surface area contributed by atoms with Gasteiger partial charge in [0.15, 0.2) is 0 Å². The standard InChI is InChI=1S/C18H32O3/c1-2-3-4-5-6-8-11-14-17(19)15-12-9-7-10-13-16-18(20)21/h8,11H,2-7,9-10,12-16H2,1H3,(H,20,21). The van der Waals surface area contributed by atoms with Gasteiger partial charge in [0.25, 0.3) is 0 Å². The van der Waals surface area contributed by atoms with Crippen LogP contribution in [0.1, 0.15) is 90.4 Å². The van der Waals surface area contributed by atoms with Crippen molar-refractivity contribution >= 4 is 11.8 Å². The first kappa shape index (κ1) is 19.9. The van der Waals surface area contributed by atoms with Crippen LogP contribution < -0.4 is 0 Å². The third kappa shape index (κ3) is 16.8. The molecule has 0 fully saturated rings. The van der Waals surface area contributed by atoms with Gasteiger partial charge in [-0.25, -0.2) is 0 Å². The summed E-state index contributed by atoms with van der Waals surface area (Å²) in [7, 11) is 0. The summed E-state index contributed by atoms with van der Waals surface area (Å²) in [5.41, 5.74) is 0. The molecule has 3 heteroatoms. The van der Waals surface area contributed by atoms with Gasteiger partial charge in [-0.2, -0.15) is 0 Å². The monoisotopic (exact) mass is 296 g/mol.